The Labute approximate surface area is 70.6 Å². The van der Waals surface area contributed by atoms with Crippen molar-refractivity contribution in [1.82, 2.24) is 5.32 Å². The second-order valence-corrected chi connectivity index (χ2v) is 3.06. The van der Waals surface area contributed by atoms with Crippen LogP contribution in [-0.2, 0) is 0 Å². The van der Waals surface area contributed by atoms with Gasteiger partial charge < -0.3 is 25.7 Å². The molecule has 4 atom stereocenters. The first-order valence-electron chi connectivity index (χ1n) is 4.04. The van der Waals surface area contributed by atoms with Crippen molar-refractivity contribution >= 4 is 0 Å². The molecule has 1 saturated heterocycles. The van der Waals surface area contributed by atoms with Crippen LogP contribution in [0.4, 0.5) is 0 Å². The molecule has 1 fully saturated rings. The third-order valence-corrected chi connectivity index (χ3v) is 2.24. The van der Waals surface area contributed by atoms with Crippen LogP contribution in [0.25, 0.3) is 0 Å². The lowest BCUT2D eigenvalue weighted by molar-refractivity contribution is 0.0172. The normalized spacial score (nSPS) is 42.0. The summed E-state index contributed by atoms with van der Waals surface area (Å²) in [5.41, 5.74) is 0. The molecule has 5 nitrogen and oxygen atoms in total. The lowest BCUT2D eigenvalue weighted by Gasteiger charge is -2.13. The molecule has 72 valence electrons. The fraction of sp³-hybridized carbons (Fsp3) is 1.00. The molecule has 5 N–H and O–H groups in total. The van der Waals surface area contributed by atoms with Crippen molar-refractivity contribution in [3.63, 3.8) is 0 Å². The lowest BCUT2D eigenvalue weighted by atomic mass is 10.1. The molecule has 0 radical (unpaired) electrons. The number of hydrogen-bond donors (Lipinski definition) is 5. The molecular weight excluding hydrogens is 162 g/mol. The third-order valence-electron chi connectivity index (χ3n) is 2.24. The Balaban J connectivity index is 2.48. The summed E-state index contributed by atoms with van der Waals surface area (Å²) in [6.45, 7) is -0.250. The number of aliphatic hydroxyl groups excluding tert-OH is 4. The topological polar surface area (TPSA) is 93.0 Å². The minimum Gasteiger partial charge on any atom is -0.396 e. The van der Waals surface area contributed by atoms with E-state index in [1.54, 1.807) is 0 Å². The molecule has 0 aromatic carbocycles. The maximum atomic E-state index is 9.36. The molecule has 0 aliphatic carbocycles. The maximum absolute atomic E-state index is 9.36. The van der Waals surface area contributed by atoms with E-state index in [1.165, 1.54) is 0 Å². The number of rotatable bonds is 3. The second kappa shape index (κ2) is 4.15. The van der Waals surface area contributed by atoms with E-state index < -0.39 is 18.2 Å². The van der Waals surface area contributed by atoms with E-state index in [-0.39, 0.29) is 19.3 Å². The summed E-state index contributed by atoms with van der Waals surface area (Å²) in [5.74, 6) is 0. The van der Waals surface area contributed by atoms with Gasteiger partial charge in [-0.2, -0.15) is 0 Å². The first-order chi connectivity index (χ1) is 5.70. The van der Waals surface area contributed by atoms with Gasteiger partial charge >= 0.3 is 0 Å². The van der Waals surface area contributed by atoms with E-state index in [1.807, 2.05) is 0 Å². The van der Waals surface area contributed by atoms with Gasteiger partial charge in [-0.1, -0.05) is 0 Å². The summed E-state index contributed by atoms with van der Waals surface area (Å²) in [5, 5.41) is 38.8. The fourth-order valence-corrected chi connectivity index (χ4v) is 1.50. The van der Waals surface area contributed by atoms with Gasteiger partial charge in [0.05, 0.1) is 24.9 Å². The Morgan fingerprint density at radius 1 is 1.00 bits per heavy atom. The average Bonchev–Trinajstić information content (AvgIpc) is 2.33. The molecule has 1 unspecified atom stereocenters. The Morgan fingerprint density at radius 2 is 1.58 bits per heavy atom. The van der Waals surface area contributed by atoms with Gasteiger partial charge in [-0.3, -0.25) is 0 Å². The second-order valence-electron chi connectivity index (χ2n) is 3.06. The molecule has 0 bridgehead atoms. The van der Waals surface area contributed by atoms with E-state index in [0.717, 1.165) is 0 Å². The molecule has 1 heterocycles. The zero-order valence-electron chi connectivity index (χ0n) is 6.72. The molecule has 5 heteroatoms. The molecule has 0 aromatic rings. The Morgan fingerprint density at radius 3 is 2.00 bits per heavy atom. The zero-order valence-corrected chi connectivity index (χ0v) is 6.72. The maximum Gasteiger partial charge on any atom is 0.0989 e. The molecule has 0 saturated carbocycles. The summed E-state index contributed by atoms with van der Waals surface area (Å²) in [6, 6.07) is -0.793. The van der Waals surface area contributed by atoms with Gasteiger partial charge in [0, 0.05) is 12.6 Å². The summed E-state index contributed by atoms with van der Waals surface area (Å²) in [4.78, 5) is 0. The van der Waals surface area contributed by atoms with Crippen LogP contribution in [0.3, 0.4) is 0 Å². The summed E-state index contributed by atoms with van der Waals surface area (Å²) < 4.78 is 0. The Kier molecular flexibility index (Phi) is 3.42. The summed E-state index contributed by atoms with van der Waals surface area (Å²) in [7, 11) is 0. The van der Waals surface area contributed by atoms with Crippen LogP contribution in [0.5, 0.6) is 0 Å². The standard InChI is InChI=1S/C7H15NO4/c9-2-1-4-6(11)7(12)5(3-10)8-4/h4-12H,1-3H2/t4-,5-,6?,7+/m1/s1. The van der Waals surface area contributed by atoms with E-state index >= 15 is 0 Å². The van der Waals surface area contributed by atoms with Gasteiger partial charge in [-0.15, -0.1) is 0 Å². The summed E-state index contributed by atoms with van der Waals surface area (Å²) in [6.07, 6.45) is -1.45. The van der Waals surface area contributed by atoms with Crippen molar-refractivity contribution in [1.29, 1.82) is 0 Å². The van der Waals surface area contributed by atoms with Crippen molar-refractivity contribution in [2.75, 3.05) is 13.2 Å². The minimum atomic E-state index is -0.938. The molecular formula is C7H15NO4. The largest absolute Gasteiger partial charge is 0.396 e. The molecule has 1 aliphatic heterocycles. The fourth-order valence-electron chi connectivity index (χ4n) is 1.50. The highest BCUT2D eigenvalue weighted by Gasteiger charge is 2.39. The van der Waals surface area contributed by atoms with Gasteiger partial charge in [0.2, 0.25) is 0 Å². The van der Waals surface area contributed by atoms with Gasteiger partial charge in [0.15, 0.2) is 0 Å². The first-order valence-corrected chi connectivity index (χ1v) is 4.04. The summed E-state index contributed by atoms with van der Waals surface area (Å²) >= 11 is 0. The lowest BCUT2D eigenvalue weighted by Crippen LogP contribution is -2.36. The number of aliphatic hydroxyl groups is 4. The van der Waals surface area contributed by atoms with Crippen LogP contribution in [0.15, 0.2) is 0 Å². The smallest absolute Gasteiger partial charge is 0.0989 e. The SMILES string of the molecule is OCC[C@H]1N[C@H](CO)[C@H](O)C1O. The highest BCUT2D eigenvalue weighted by molar-refractivity contribution is 4.97. The van der Waals surface area contributed by atoms with Gasteiger partial charge in [-0.25, -0.2) is 0 Å². The molecule has 0 amide bonds. The van der Waals surface area contributed by atoms with Crippen LogP contribution < -0.4 is 5.32 Å². The van der Waals surface area contributed by atoms with Gasteiger partial charge in [-0.05, 0) is 6.42 Å². The van der Waals surface area contributed by atoms with Crippen molar-refractivity contribution < 1.29 is 20.4 Å². The predicted molar refractivity (Wildman–Crippen MR) is 41.5 cm³/mol. The van der Waals surface area contributed by atoms with Crippen LogP contribution in [0.2, 0.25) is 0 Å². The van der Waals surface area contributed by atoms with Crippen molar-refractivity contribution in [3.8, 4) is 0 Å². The van der Waals surface area contributed by atoms with E-state index in [2.05, 4.69) is 5.32 Å². The highest BCUT2D eigenvalue weighted by Crippen LogP contribution is 2.16. The van der Waals surface area contributed by atoms with Gasteiger partial charge in [0.25, 0.3) is 0 Å². The van der Waals surface area contributed by atoms with E-state index in [9.17, 15) is 10.2 Å². The molecule has 1 rings (SSSR count). The monoisotopic (exact) mass is 177 g/mol. The van der Waals surface area contributed by atoms with Crippen LogP contribution in [-0.4, -0.2) is 57.9 Å². The molecule has 0 spiro atoms. The molecule has 12 heavy (non-hydrogen) atoms. The quantitative estimate of drug-likeness (QED) is 0.326. The molecule has 1 aliphatic rings. The molecule has 0 aromatic heterocycles. The van der Waals surface area contributed by atoms with E-state index in [4.69, 9.17) is 10.2 Å². The van der Waals surface area contributed by atoms with Crippen molar-refractivity contribution in [2.24, 2.45) is 0 Å². The predicted octanol–water partition coefficient (Wildman–Crippen LogP) is -2.58. The van der Waals surface area contributed by atoms with E-state index in [0.29, 0.717) is 6.42 Å². The van der Waals surface area contributed by atoms with Crippen LogP contribution >= 0.6 is 0 Å². The van der Waals surface area contributed by atoms with Crippen LogP contribution in [0, 0.1) is 0 Å². The number of hydrogen-bond acceptors (Lipinski definition) is 5. The Bertz CT molecular complexity index is 143. The van der Waals surface area contributed by atoms with Crippen molar-refractivity contribution in [3.05, 3.63) is 0 Å². The van der Waals surface area contributed by atoms with Crippen molar-refractivity contribution in [2.45, 2.75) is 30.7 Å². The Hall–Kier alpha value is -0.200. The third kappa shape index (κ3) is 1.75. The van der Waals surface area contributed by atoms with Gasteiger partial charge in [0.1, 0.15) is 0 Å². The highest BCUT2D eigenvalue weighted by atomic mass is 16.3. The number of nitrogens with one attached hydrogen (secondary N) is 1. The zero-order chi connectivity index (χ0) is 9.14. The van der Waals surface area contributed by atoms with Crippen LogP contribution in [0.1, 0.15) is 6.42 Å². The first kappa shape index (κ1) is 9.88. The minimum absolute atomic E-state index is 0.0421. The average molecular weight is 177 g/mol.